The summed E-state index contributed by atoms with van der Waals surface area (Å²) in [6.45, 7) is 4.89. The Morgan fingerprint density at radius 1 is 1.22 bits per heavy atom. The number of fused-ring (bicyclic) bond motifs is 1. The minimum absolute atomic E-state index is 0.104. The number of allylic oxidation sites excluding steroid dienone is 1. The van der Waals surface area contributed by atoms with Gasteiger partial charge in [-0.05, 0) is 62.1 Å². The zero-order valence-corrected chi connectivity index (χ0v) is 21.0. The lowest BCUT2D eigenvalue weighted by atomic mass is 9.81. The van der Waals surface area contributed by atoms with Crippen LogP contribution < -0.4 is 15.8 Å². The second kappa shape index (κ2) is 10.8. The number of para-hydroxylation sites is 1. The molecule has 0 saturated carbocycles. The highest BCUT2D eigenvalue weighted by Crippen LogP contribution is 2.41. The number of ether oxygens (including phenoxy) is 1. The molecule has 11 heteroatoms. The zero-order valence-electron chi connectivity index (χ0n) is 20.2. The Morgan fingerprint density at radius 3 is 2.51 bits per heavy atom. The number of piperidine rings is 1. The third-order valence-electron chi connectivity index (χ3n) is 6.33. The summed E-state index contributed by atoms with van der Waals surface area (Å²) in [5, 5.41) is 14.1. The maximum Gasteiger partial charge on any atom is 0.417 e. The number of thiazole rings is 1. The summed E-state index contributed by atoms with van der Waals surface area (Å²) < 4.78 is 46.7. The molecule has 7 nitrogen and oxygen atoms in total. The van der Waals surface area contributed by atoms with Crippen LogP contribution in [0.4, 0.5) is 24.0 Å². The minimum atomic E-state index is -4.70. The number of hydrogen-bond acceptors (Lipinski definition) is 8. The van der Waals surface area contributed by atoms with E-state index in [2.05, 4.69) is 21.9 Å². The monoisotopic (exact) mass is 531 g/mol. The molecule has 1 aliphatic rings. The van der Waals surface area contributed by atoms with Crippen molar-refractivity contribution in [2.45, 2.75) is 31.5 Å². The smallest absolute Gasteiger partial charge is 0.417 e. The molecular formula is C26H28F3N5O2S. The fourth-order valence-electron chi connectivity index (χ4n) is 4.08. The van der Waals surface area contributed by atoms with Crippen molar-refractivity contribution in [3.8, 4) is 5.75 Å². The van der Waals surface area contributed by atoms with E-state index in [9.17, 15) is 18.3 Å². The first-order valence-electron chi connectivity index (χ1n) is 11.7. The van der Waals surface area contributed by atoms with Crippen LogP contribution in [0.25, 0.3) is 10.2 Å². The number of alkyl halides is 3. The van der Waals surface area contributed by atoms with Gasteiger partial charge in [-0.15, -0.1) is 0 Å². The van der Waals surface area contributed by atoms with Gasteiger partial charge in [-0.3, -0.25) is 0 Å². The van der Waals surface area contributed by atoms with E-state index in [-0.39, 0.29) is 37.6 Å². The highest BCUT2D eigenvalue weighted by Gasteiger charge is 2.55. The third-order valence-corrected chi connectivity index (χ3v) is 7.29. The van der Waals surface area contributed by atoms with Crippen LogP contribution in [0.5, 0.6) is 5.75 Å². The molecule has 196 valence electrons. The van der Waals surface area contributed by atoms with E-state index >= 15 is 0 Å². The fraction of sp³-hybridized carbons (Fsp3) is 0.308. The van der Waals surface area contributed by atoms with Gasteiger partial charge >= 0.3 is 6.18 Å². The summed E-state index contributed by atoms with van der Waals surface area (Å²) >= 11 is 1.55. The standard InChI is InChI=1S/C26H28F3N5O2S/c1-3-14-31-23(22(30)34-15-12-17(13-16-34)25(2,35)26(27,28)29)36-19-10-8-18(9-11-19)32-24-33-20-6-4-5-7-21(20)37-24/h3-11,14,17,35H,1,12-13,15-16,30H2,2H3,(H,32,33)/b23-22-,31-14-. The number of nitrogens with zero attached hydrogens (tertiary/aromatic N) is 3. The lowest BCUT2D eigenvalue weighted by molar-refractivity contribution is -0.275. The SMILES string of the molecule is C=C/C=N\C(Oc1ccc(Nc2nc3ccccc3s2)cc1)=C(/N)N1CCC(C(C)(O)C(F)(F)F)CC1. The van der Waals surface area contributed by atoms with Crippen LogP contribution in [-0.4, -0.2) is 46.1 Å². The molecule has 1 aromatic heterocycles. The van der Waals surface area contributed by atoms with Crippen molar-refractivity contribution in [2.24, 2.45) is 16.6 Å². The van der Waals surface area contributed by atoms with Gasteiger partial charge in [0.05, 0.1) is 10.2 Å². The highest BCUT2D eigenvalue weighted by molar-refractivity contribution is 7.22. The van der Waals surface area contributed by atoms with E-state index in [1.807, 2.05) is 36.4 Å². The largest absolute Gasteiger partial charge is 0.436 e. The van der Waals surface area contributed by atoms with Crippen LogP contribution in [0, 0.1) is 5.92 Å². The normalized spacial score (nSPS) is 17.5. The number of halogens is 3. The van der Waals surface area contributed by atoms with Crippen molar-refractivity contribution in [3.63, 3.8) is 0 Å². The predicted molar refractivity (Wildman–Crippen MR) is 141 cm³/mol. The van der Waals surface area contributed by atoms with Crippen molar-refractivity contribution in [2.75, 3.05) is 18.4 Å². The molecule has 0 radical (unpaired) electrons. The molecule has 0 spiro atoms. The Morgan fingerprint density at radius 2 is 1.89 bits per heavy atom. The fourth-order valence-corrected chi connectivity index (χ4v) is 4.97. The topological polar surface area (TPSA) is 96.0 Å². The Hall–Kier alpha value is -3.57. The highest BCUT2D eigenvalue weighted by atomic mass is 32.1. The lowest BCUT2D eigenvalue weighted by Crippen LogP contribution is -2.52. The molecule has 0 bridgehead atoms. The van der Waals surface area contributed by atoms with Crippen LogP contribution >= 0.6 is 11.3 Å². The molecule has 1 unspecified atom stereocenters. The van der Waals surface area contributed by atoms with Crippen LogP contribution in [0.1, 0.15) is 19.8 Å². The Balaban J connectivity index is 1.44. The molecule has 3 aromatic rings. The van der Waals surface area contributed by atoms with E-state index in [0.717, 1.165) is 28.0 Å². The molecule has 4 rings (SSSR count). The quantitative estimate of drug-likeness (QED) is 0.252. The van der Waals surface area contributed by atoms with Gasteiger partial charge in [-0.2, -0.15) is 13.2 Å². The number of hydrogen-bond donors (Lipinski definition) is 3. The molecule has 1 atom stereocenters. The minimum Gasteiger partial charge on any atom is -0.436 e. The van der Waals surface area contributed by atoms with E-state index in [4.69, 9.17) is 10.5 Å². The molecule has 2 heterocycles. The van der Waals surface area contributed by atoms with Crippen LogP contribution in [0.15, 0.2) is 77.9 Å². The Bertz CT molecular complexity index is 1260. The molecular weight excluding hydrogens is 503 g/mol. The van der Waals surface area contributed by atoms with Crippen LogP contribution in [0.3, 0.4) is 0 Å². The number of aliphatic hydroxyl groups is 1. The van der Waals surface area contributed by atoms with E-state index in [1.165, 1.54) is 12.3 Å². The Kier molecular flexibility index (Phi) is 7.74. The number of rotatable bonds is 8. The second-order valence-corrected chi connectivity index (χ2v) is 9.88. The summed E-state index contributed by atoms with van der Waals surface area (Å²) in [5.74, 6) is -0.148. The molecule has 1 fully saturated rings. The number of nitrogens with one attached hydrogen (secondary N) is 1. The third kappa shape index (κ3) is 6.05. The average molecular weight is 532 g/mol. The maximum atomic E-state index is 13.2. The number of nitrogens with two attached hydrogens (primary N) is 1. The lowest BCUT2D eigenvalue weighted by Gasteiger charge is -2.41. The first-order valence-corrected chi connectivity index (χ1v) is 12.5. The number of aromatic nitrogens is 1. The zero-order chi connectivity index (χ0) is 26.6. The summed E-state index contributed by atoms with van der Waals surface area (Å²) in [5.41, 5.74) is 5.31. The van der Waals surface area contributed by atoms with Gasteiger partial charge in [0.25, 0.3) is 5.88 Å². The van der Waals surface area contributed by atoms with Crippen molar-refractivity contribution in [1.29, 1.82) is 0 Å². The number of aliphatic imine (C=N–C) groups is 1. The van der Waals surface area contributed by atoms with Crippen LogP contribution in [-0.2, 0) is 0 Å². The molecule has 37 heavy (non-hydrogen) atoms. The number of benzene rings is 2. The summed E-state index contributed by atoms with van der Waals surface area (Å²) in [6, 6.07) is 15.0. The molecule has 1 saturated heterocycles. The molecule has 0 aliphatic carbocycles. The summed E-state index contributed by atoms with van der Waals surface area (Å²) in [7, 11) is 0. The maximum absolute atomic E-state index is 13.2. The van der Waals surface area contributed by atoms with Gasteiger partial charge in [0.15, 0.2) is 16.6 Å². The first kappa shape index (κ1) is 26.5. The van der Waals surface area contributed by atoms with E-state index < -0.39 is 17.7 Å². The van der Waals surface area contributed by atoms with Crippen molar-refractivity contribution in [1.82, 2.24) is 9.88 Å². The molecule has 1 aliphatic heterocycles. The van der Waals surface area contributed by atoms with Crippen molar-refractivity contribution >= 4 is 38.6 Å². The van der Waals surface area contributed by atoms with Gasteiger partial charge in [-0.1, -0.05) is 36.1 Å². The van der Waals surface area contributed by atoms with Gasteiger partial charge in [0.1, 0.15) is 5.75 Å². The second-order valence-electron chi connectivity index (χ2n) is 8.85. The van der Waals surface area contributed by atoms with Gasteiger partial charge in [0, 0.05) is 25.0 Å². The van der Waals surface area contributed by atoms with Crippen LogP contribution in [0.2, 0.25) is 0 Å². The predicted octanol–water partition coefficient (Wildman–Crippen LogP) is 5.79. The van der Waals surface area contributed by atoms with Crippen molar-refractivity contribution < 1.29 is 23.0 Å². The summed E-state index contributed by atoms with van der Waals surface area (Å²) in [6.07, 6.45) is -1.56. The molecule has 0 amide bonds. The number of likely N-dealkylation sites (tertiary alicyclic amines) is 1. The summed E-state index contributed by atoms with van der Waals surface area (Å²) in [4.78, 5) is 10.5. The molecule has 4 N–H and O–H groups in total. The van der Waals surface area contributed by atoms with E-state index in [0.29, 0.717) is 5.75 Å². The number of anilines is 2. The molecule has 2 aromatic carbocycles. The van der Waals surface area contributed by atoms with Gasteiger partial charge < -0.3 is 25.8 Å². The van der Waals surface area contributed by atoms with Gasteiger partial charge in [0.2, 0.25) is 0 Å². The van der Waals surface area contributed by atoms with Crippen molar-refractivity contribution in [3.05, 3.63) is 72.9 Å². The Labute approximate surface area is 216 Å². The first-order chi connectivity index (χ1) is 17.6. The van der Waals surface area contributed by atoms with E-state index in [1.54, 1.807) is 28.4 Å². The van der Waals surface area contributed by atoms with Gasteiger partial charge in [-0.25, -0.2) is 9.98 Å². The average Bonchev–Trinajstić information content (AvgIpc) is 3.29.